The van der Waals surface area contributed by atoms with Gasteiger partial charge in [0.25, 0.3) is 0 Å². The minimum absolute atomic E-state index is 0. The van der Waals surface area contributed by atoms with E-state index in [1.807, 2.05) is 0 Å². The second-order valence-corrected chi connectivity index (χ2v) is 4.53. The smallest absolute Gasteiger partial charge is 0.744 e. The molecule has 2 aromatic rings. The molecule has 0 aliphatic rings. The number of hydrogen-bond donors (Lipinski definition) is 1. The Morgan fingerprint density at radius 2 is 1.59 bits per heavy atom. The predicted octanol–water partition coefficient (Wildman–Crippen LogP) is -2.37. The van der Waals surface area contributed by atoms with Crippen molar-refractivity contribution in [1.29, 1.82) is 0 Å². The fourth-order valence-corrected chi connectivity index (χ4v) is 1.87. The summed E-state index contributed by atoms with van der Waals surface area (Å²) in [5, 5.41) is 10.5. The summed E-state index contributed by atoms with van der Waals surface area (Å²) in [7, 11) is -4.44. The number of benzene rings is 2. The van der Waals surface area contributed by atoms with Crippen LogP contribution in [-0.2, 0) is 10.1 Å². The van der Waals surface area contributed by atoms with Gasteiger partial charge in [0.2, 0.25) is 0 Å². The Labute approximate surface area is 120 Å². The van der Waals surface area contributed by atoms with E-state index < -0.39 is 10.1 Å². The molecule has 0 unspecified atom stereocenters. The third kappa shape index (κ3) is 3.67. The van der Waals surface area contributed by atoms with Crippen molar-refractivity contribution in [3.63, 3.8) is 0 Å². The van der Waals surface area contributed by atoms with E-state index in [2.05, 4.69) is 0 Å². The van der Waals surface area contributed by atoms with Crippen LogP contribution < -0.4 is 29.6 Å². The average molecular weight is 264 g/mol. The van der Waals surface area contributed by atoms with Crippen molar-refractivity contribution < 1.29 is 53.1 Å². The van der Waals surface area contributed by atoms with Crippen LogP contribution in [0.25, 0.3) is 10.8 Å². The summed E-state index contributed by atoms with van der Waals surface area (Å²) >= 11 is 0. The van der Waals surface area contributed by atoms with Crippen molar-refractivity contribution in [3.05, 3.63) is 36.4 Å². The Balaban J connectivity index is 0.00000128. The van der Waals surface area contributed by atoms with Crippen LogP contribution in [0.1, 0.15) is 0 Å². The minimum atomic E-state index is -4.44. The molecule has 0 heterocycles. The molecule has 0 aliphatic carbocycles. The Morgan fingerprint density at radius 3 is 2.18 bits per heavy atom. The van der Waals surface area contributed by atoms with Crippen molar-refractivity contribution >= 4 is 20.9 Å². The summed E-state index contributed by atoms with van der Waals surface area (Å²) in [5.74, 6) is 0.0305. The Morgan fingerprint density at radius 1 is 1.00 bits per heavy atom. The Kier molecular flexibility index (Phi) is 5.60. The normalized spacial score (nSPS) is 10.4. The third-order valence-corrected chi connectivity index (χ3v) is 2.92. The van der Waals surface area contributed by atoms with E-state index in [1.54, 1.807) is 6.07 Å². The van der Waals surface area contributed by atoms with Gasteiger partial charge in [0.1, 0.15) is 15.9 Å². The van der Waals surface area contributed by atoms with Crippen LogP contribution in [0.15, 0.2) is 41.3 Å². The summed E-state index contributed by atoms with van der Waals surface area (Å²) in [5.41, 5.74) is 0. The zero-order valence-corrected chi connectivity index (χ0v) is 11.9. The summed E-state index contributed by atoms with van der Waals surface area (Å²) in [4.78, 5) is -0.291. The molecule has 7 heteroatoms. The van der Waals surface area contributed by atoms with Crippen molar-refractivity contribution in [3.8, 4) is 5.75 Å². The predicted molar refractivity (Wildman–Crippen MR) is 57.2 cm³/mol. The molecule has 0 bridgehead atoms. The molecule has 86 valence electrons. The molecule has 0 aliphatic heterocycles. The van der Waals surface area contributed by atoms with Crippen LogP contribution in [0.3, 0.4) is 0 Å². The first-order valence-corrected chi connectivity index (χ1v) is 5.56. The number of hydrogen-bond acceptors (Lipinski definition) is 4. The van der Waals surface area contributed by atoms with Gasteiger partial charge in [-0.05, 0) is 35.0 Å². The van der Waals surface area contributed by atoms with E-state index in [4.69, 9.17) is 0 Å². The van der Waals surface area contributed by atoms with Crippen LogP contribution in [0.4, 0.5) is 0 Å². The van der Waals surface area contributed by atoms with E-state index in [0.717, 1.165) is 5.39 Å². The van der Waals surface area contributed by atoms with Crippen LogP contribution >= 0.6 is 0 Å². The largest absolute Gasteiger partial charge is 1.00 e. The monoisotopic (exact) mass is 264 g/mol. The molecule has 0 saturated carbocycles. The standard InChI is InChI=1S/C10H8O4S.Na.H2O/c11-9-3-1-7-2-4-10(15(12,13)14)6-8(7)5-9;;/h1-6,11H,(H,12,13,14);;1H2/q;+1;/p-1. The van der Waals surface area contributed by atoms with E-state index in [9.17, 15) is 18.1 Å². The van der Waals surface area contributed by atoms with Crippen molar-refractivity contribution in [2.24, 2.45) is 0 Å². The third-order valence-electron chi connectivity index (χ3n) is 2.08. The number of rotatable bonds is 1. The molecule has 0 saturated heterocycles. The number of phenolic OH excluding ortho intramolecular Hbond substituents is 1. The molecular weight excluding hydrogens is 255 g/mol. The van der Waals surface area contributed by atoms with E-state index in [-0.39, 0.29) is 45.7 Å². The van der Waals surface area contributed by atoms with Crippen molar-refractivity contribution in [2.45, 2.75) is 4.90 Å². The van der Waals surface area contributed by atoms with Gasteiger partial charge >= 0.3 is 29.6 Å². The molecule has 5 nitrogen and oxygen atoms in total. The molecule has 2 rings (SSSR count). The van der Waals surface area contributed by atoms with Crippen LogP contribution in [0.2, 0.25) is 0 Å². The summed E-state index contributed by atoms with van der Waals surface area (Å²) in [6.45, 7) is 0. The fourth-order valence-electron chi connectivity index (χ4n) is 1.37. The molecular formula is C10H9NaO5S. The zero-order valence-electron chi connectivity index (χ0n) is 9.04. The minimum Gasteiger partial charge on any atom is -0.744 e. The molecule has 0 aromatic heterocycles. The maximum atomic E-state index is 10.7. The Hall–Kier alpha value is -0.630. The number of phenols is 1. The summed E-state index contributed by atoms with van der Waals surface area (Å²) < 4.78 is 32.2. The molecule has 0 fully saturated rings. The van der Waals surface area contributed by atoms with Gasteiger partial charge in [-0.25, -0.2) is 8.42 Å². The van der Waals surface area contributed by atoms with Gasteiger partial charge in [0, 0.05) is 0 Å². The molecule has 0 radical (unpaired) electrons. The van der Waals surface area contributed by atoms with E-state index in [0.29, 0.717) is 5.39 Å². The first-order valence-electron chi connectivity index (χ1n) is 4.15. The maximum absolute atomic E-state index is 10.7. The van der Waals surface area contributed by atoms with Crippen LogP contribution in [0.5, 0.6) is 5.75 Å². The van der Waals surface area contributed by atoms with Gasteiger partial charge in [-0.15, -0.1) is 0 Å². The molecule has 3 N–H and O–H groups in total. The molecule has 17 heavy (non-hydrogen) atoms. The Bertz CT molecular complexity index is 624. The molecule has 0 spiro atoms. The van der Waals surface area contributed by atoms with Crippen molar-refractivity contribution in [1.82, 2.24) is 0 Å². The quantitative estimate of drug-likeness (QED) is 0.458. The van der Waals surface area contributed by atoms with Gasteiger partial charge in [0.15, 0.2) is 0 Å². The van der Waals surface area contributed by atoms with Gasteiger partial charge in [0.05, 0.1) is 4.90 Å². The second kappa shape index (κ2) is 5.81. The van der Waals surface area contributed by atoms with Gasteiger partial charge in [-0.3, -0.25) is 0 Å². The SMILES string of the molecule is O.O=S(=O)([O-])c1ccc2ccc(O)cc2c1.[Na+]. The van der Waals surface area contributed by atoms with Gasteiger partial charge in [-0.1, -0.05) is 12.1 Å². The van der Waals surface area contributed by atoms with Crippen molar-refractivity contribution in [2.75, 3.05) is 0 Å². The molecule has 0 atom stereocenters. The fraction of sp³-hybridized carbons (Fsp3) is 0. The first kappa shape index (κ1) is 16.4. The van der Waals surface area contributed by atoms with E-state index in [1.165, 1.54) is 30.3 Å². The topological polar surface area (TPSA) is 109 Å². The first-order chi connectivity index (χ1) is 6.97. The van der Waals surface area contributed by atoms with Gasteiger partial charge < -0.3 is 15.1 Å². The average Bonchev–Trinajstić information content (AvgIpc) is 2.15. The van der Waals surface area contributed by atoms with E-state index >= 15 is 0 Å². The number of fused-ring (bicyclic) bond motifs is 1. The summed E-state index contributed by atoms with van der Waals surface area (Å²) in [6, 6.07) is 8.57. The van der Waals surface area contributed by atoms with Gasteiger partial charge in [-0.2, -0.15) is 0 Å². The van der Waals surface area contributed by atoms with Crippen LogP contribution in [0, 0.1) is 0 Å². The summed E-state index contributed by atoms with van der Waals surface area (Å²) in [6.07, 6.45) is 0. The number of aromatic hydroxyl groups is 1. The zero-order chi connectivity index (χ0) is 11.1. The van der Waals surface area contributed by atoms with Crippen LogP contribution in [-0.4, -0.2) is 23.6 Å². The molecule has 2 aromatic carbocycles. The second-order valence-electron chi connectivity index (χ2n) is 3.15. The molecule has 0 amide bonds. The maximum Gasteiger partial charge on any atom is 1.00 e.